The molecule has 0 heterocycles. The zero-order valence-corrected chi connectivity index (χ0v) is 22.4. The van der Waals surface area contributed by atoms with Crippen LogP contribution in [0.2, 0.25) is 0 Å². The number of carbonyl (C=O) groups is 1. The lowest BCUT2D eigenvalue weighted by Gasteiger charge is -2.58. The summed E-state index contributed by atoms with van der Waals surface area (Å²) in [5, 5.41) is 0. The van der Waals surface area contributed by atoms with Gasteiger partial charge >= 0.3 is 5.97 Å². The molecule has 0 spiro atoms. The highest BCUT2D eigenvalue weighted by atomic mass is 16.5. The minimum atomic E-state index is 0.00221. The molecule has 3 fully saturated rings. The van der Waals surface area contributed by atoms with Crippen molar-refractivity contribution >= 4 is 5.97 Å². The zero-order chi connectivity index (χ0) is 23.8. The summed E-state index contributed by atoms with van der Waals surface area (Å²) < 4.78 is 5.85. The van der Waals surface area contributed by atoms with Crippen LogP contribution in [0.4, 0.5) is 0 Å². The van der Waals surface area contributed by atoms with Gasteiger partial charge in [-0.2, -0.15) is 0 Å². The molecule has 0 radical (unpaired) electrons. The van der Waals surface area contributed by atoms with Crippen molar-refractivity contribution in [2.24, 2.45) is 46.3 Å². The third-order valence-electron chi connectivity index (χ3n) is 10.6. The highest BCUT2D eigenvalue weighted by Crippen LogP contribution is 2.67. The largest absolute Gasteiger partial charge is 0.462 e. The second kappa shape index (κ2) is 9.90. The third kappa shape index (κ3) is 4.74. The minimum Gasteiger partial charge on any atom is -0.462 e. The maximum absolute atomic E-state index is 12.1. The van der Waals surface area contributed by atoms with Gasteiger partial charge in [-0.25, -0.2) is 0 Å². The van der Waals surface area contributed by atoms with Crippen LogP contribution in [0.3, 0.4) is 0 Å². The topological polar surface area (TPSA) is 26.3 Å². The maximum atomic E-state index is 12.1. The number of carbonyl (C=O) groups excluding carboxylic acids is 1. The lowest BCUT2D eigenvalue weighted by atomic mass is 9.47. The Morgan fingerprint density at radius 3 is 2.64 bits per heavy atom. The quantitative estimate of drug-likeness (QED) is 0.284. The fourth-order valence-corrected chi connectivity index (χ4v) is 8.78. The molecule has 8 atom stereocenters. The summed E-state index contributed by atoms with van der Waals surface area (Å²) in [5.74, 6) is 4.87. The van der Waals surface area contributed by atoms with Gasteiger partial charge in [-0.15, -0.1) is 0 Å². The molecule has 0 saturated heterocycles. The number of allylic oxidation sites excluding steroid dienone is 3. The van der Waals surface area contributed by atoms with E-state index in [0.717, 1.165) is 48.9 Å². The molecule has 0 unspecified atom stereocenters. The van der Waals surface area contributed by atoms with Crippen molar-refractivity contribution < 1.29 is 9.53 Å². The van der Waals surface area contributed by atoms with Gasteiger partial charge in [-0.3, -0.25) is 4.79 Å². The summed E-state index contributed by atoms with van der Waals surface area (Å²) >= 11 is 0. The van der Waals surface area contributed by atoms with Gasteiger partial charge in [0.1, 0.15) is 6.10 Å². The van der Waals surface area contributed by atoms with Crippen LogP contribution in [0, 0.1) is 46.3 Å². The Bertz CT molecular complexity index is 763. The van der Waals surface area contributed by atoms with Gasteiger partial charge in [-0.1, -0.05) is 65.3 Å². The van der Waals surface area contributed by atoms with Crippen molar-refractivity contribution in [3.05, 3.63) is 23.8 Å². The first-order chi connectivity index (χ1) is 15.7. The Hall–Kier alpha value is -1.05. The third-order valence-corrected chi connectivity index (χ3v) is 10.6. The number of fused-ring (bicyclic) bond motifs is 5. The van der Waals surface area contributed by atoms with Crippen LogP contribution in [-0.2, 0) is 9.53 Å². The Labute approximate surface area is 204 Å². The molecule has 0 bridgehead atoms. The Morgan fingerprint density at radius 2 is 1.91 bits per heavy atom. The average Bonchev–Trinajstić information content (AvgIpc) is 3.11. The summed E-state index contributed by atoms with van der Waals surface area (Å²) in [7, 11) is 0. The van der Waals surface area contributed by atoms with Crippen LogP contribution in [0.1, 0.15) is 112 Å². The van der Waals surface area contributed by atoms with Crippen LogP contribution in [0.15, 0.2) is 23.8 Å². The molecule has 4 aliphatic rings. The molecular weight excluding hydrogens is 404 g/mol. The number of hydrogen-bond acceptors (Lipinski definition) is 2. The summed E-state index contributed by atoms with van der Waals surface area (Å²) in [6, 6.07) is 0. The molecule has 2 heteroatoms. The summed E-state index contributed by atoms with van der Waals surface area (Å²) in [6.45, 7) is 14.4. The van der Waals surface area contributed by atoms with Crippen LogP contribution in [0.5, 0.6) is 0 Å². The summed E-state index contributed by atoms with van der Waals surface area (Å²) in [5.41, 5.74) is 2.46. The fourth-order valence-electron chi connectivity index (χ4n) is 8.78. The van der Waals surface area contributed by atoms with Gasteiger partial charge in [0.25, 0.3) is 0 Å². The number of ether oxygens (including phenoxy) is 1. The highest BCUT2D eigenvalue weighted by molar-refractivity contribution is 5.69. The van der Waals surface area contributed by atoms with Crippen molar-refractivity contribution in [3.63, 3.8) is 0 Å². The van der Waals surface area contributed by atoms with Crippen LogP contribution >= 0.6 is 0 Å². The van der Waals surface area contributed by atoms with Gasteiger partial charge in [0.05, 0.1) is 0 Å². The molecule has 0 amide bonds. The van der Waals surface area contributed by atoms with E-state index in [1.54, 1.807) is 5.57 Å². The smallest absolute Gasteiger partial charge is 0.306 e. The minimum absolute atomic E-state index is 0.00221. The first-order valence-corrected chi connectivity index (χ1v) is 14.2. The predicted molar refractivity (Wildman–Crippen MR) is 138 cm³/mol. The molecule has 33 heavy (non-hydrogen) atoms. The van der Waals surface area contributed by atoms with E-state index in [2.05, 4.69) is 59.8 Å². The second-order valence-corrected chi connectivity index (χ2v) is 13.0. The van der Waals surface area contributed by atoms with E-state index in [1.165, 1.54) is 44.9 Å². The van der Waals surface area contributed by atoms with E-state index >= 15 is 0 Å². The van der Waals surface area contributed by atoms with Crippen molar-refractivity contribution in [2.75, 3.05) is 0 Å². The molecule has 4 rings (SSSR count). The van der Waals surface area contributed by atoms with Crippen molar-refractivity contribution in [1.82, 2.24) is 0 Å². The van der Waals surface area contributed by atoms with Gasteiger partial charge in [0.2, 0.25) is 0 Å². The van der Waals surface area contributed by atoms with Crippen molar-refractivity contribution in [1.29, 1.82) is 0 Å². The number of hydrogen-bond donors (Lipinski definition) is 0. The van der Waals surface area contributed by atoms with Gasteiger partial charge < -0.3 is 4.74 Å². The van der Waals surface area contributed by atoms with E-state index in [-0.39, 0.29) is 12.1 Å². The fraction of sp³-hybridized carbons (Fsp3) is 0.839. The molecule has 0 aliphatic heterocycles. The predicted octanol–water partition coefficient (Wildman–Crippen LogP) is 8.52. The highest BCUT2D eigenvalue weighted by Gasteiger charge is 2.59. The lowest BCUT2D eigenvalue weighted by molar-refractivity contribution is -0.151. The van der Waals surface area contributed by atoms with Crippen LogP contribution in [0.25, 0.3) is 0 Å². The van der Waals surface area contributed by atoms with E-state index in [0.29, 0.717) is 23.2 Å². The summed E-state index contributed by atoms with van der Waals surface area (Å²) in [4.78, 5) is 12.1. The van der Waals surface area contributed by atoms with E-state index in [1.807, 2.05) is 0 Å². The average molecular weight is 455 g/mol. The summed E-state index contributed by atoms with van der Waals surface area (Å²) in [6.07, 6.45) is 20.5. The monoisotopic (exact) mass is 454 g/mol. The molecule has 0 aromatic heterocycles. The molecule has 0 aromatic carbocycles. The second-order valence-electron chi connectivity index (χ2n) is 13.0. The standard InChI is InChI=1S/C31H50O2/c1-7-9-29(32)33-24-16-18-30(5)23(20-24)12-13-25-27-15-14-26(22(4)11-8-10-21(2)3)31(27,6)19-17-28(25)30/h8,11-12,21-22,24-28H,7,9-10,13-20H2,1-6H3/b11-8+/t22-,24-,25+,26-,27+,28+,30+,31-/m1/s1. The van der Waals surface area contributed by atoms with Crippen LogP contribution < -0.4 is 0 Å². The normalized spacial score (nSPS) is 41.3. The van der Waals surface area contributed by atoms with Crippen molar-refractivity contribution in [3.8, 4) is 0 Å². The Morgan fingerprint density at radius 1 is 1.12 bits per heavy atom. The molecule has 4 aliphatic carbocycles. The lowest BCUT2D eigenvalue weighted by Crippen LogP contribution is -2.51. The Kier molecular flexibility index (Phi) is 7.52. The number of esters is 1. The van der Waals surface area contributed by atoms with E-state index in [9.17, 15) is 4.79 Å². The first kappa shape index (κ1) is 25.1. The molecule has 0 aromatic rings. The van der Waals surface area contributed by atoms with Gasteiger partial charge in [0.15, 0.2) is 0 Å². The van der Waals surface area contributed by atoms with E-state index in [4.69, 9.17) is 4.74 Å². The molecule has 2 nitrogen and oxygen atoms in total. The maximum Gasteiger partial charge on any atom is 0.306 e. The molecule has 3 saturated carbocycles. The van der Waals surface area contributed by atoms with Gasteiger partial charge in [-0.05, 0) is 104 Å². The SMILES string of the molecule is CCCC(=O)O[C@@H]1CC[C@@]2(C)C(=CC[C@H]3[C@@H]4CC[C@H]([C@H](C)/C=C/CC(C)C)[C@@]4(C)CC[C@@H]32)C1. The molecule has 0 N–H and O–H groups in total. The first-order valence-electron chi connectivity index (χ1n) is 14.2. The van der Waals surface area contributed by atoms with Gasteiger partial charge in [0, 0.05) is 12.8 Å². The van der Waals surface area contributed by atoms with Crippen LogP contribution in [-0.4, -0.2) is 12.1 Å². The Balaban J connectivity index is 1.46. The number of rotatable bonds is 7. The molecule has 186 valence electrons. The van der Waals surface area contributed by atoms with E-state index < -0.39 is 0 Å². The van der Waals surface area contributed by atoms with Crippen molar-refractivity contribution in [2.45, 2.75) is 118 Å². The zero-order valence-electron chi connectivity index (χ0n) is 22.4. The molecular formula is C31H50O2.